The molecule has 3 nitrogen and oxygen atoms in total. The molecule has 0 aromatic carbocycles. The Labute approximate surface area is 60.9 Å². The van der Waals surface area contributed by atoms with Crippen molar-refractivity contribution in [3.8, 4) is 0 Å². The van der Waals surface area contributed by atoms with Gasteiger partial charge in [0, 0.05) is 24.4 Å². The molecule has 3 heteroatoms. The molecule has 56 valence electrons. The smallest absolute Gasteiger partial charge is 0.0921 e. The lowest BCUT2D eigenvalue weighted by molar-refractivity contribution is 0.602. The fourth-order valence-corrected chi connectivity index (χ4v) is 0.828. The molecule has 0 amide bonds. The first-order valence-electron chi connectivity index (χ1n) is 3.47. The van der Waals surface area contributed by atoms with Gasteiger partial charge in [-0.3, -0.25) is 0 Å². The predicted molar refractivity (Wildman–Crippen MR) is 40.8 cm³/mol. The molecule has 0 aliphatic heterocycles. The van der Waals surface area contributed by atoms with Crippen LogP contribution in [0.2, 0.25) is 0 Å². The van der Waals surface area contributed by atoms with E-state index in [4.69, 9.17) is 0 Å². The summed E-state index contributed by atoms with van der Waals surface area (Å²) in [5.41, 5.74) is 1.18. The van der Waals surface area contributed by atoms with E-state index in [0.29, 0.717) is 6.04 Å². The minimum absolute atomic E-state index is 0.514. The quantitative estimate of drug-likeness (QED) is 0.642. The summed E-state index contributed by atoms with van der Waals surface area (Å²) in [6, 6.07) is 0.514. The highest BCUT2D eigenvalue weighted by atomic mass is 14.9. The number of hydrogen-bond acceptors (Lipinski definition) is 2. The summed E-state index contributed by atoms with van der Waals surface area (Å²) < 4.78 is 0. The molecule has 0 unspecified atom stereocenters. The van der Waals surface area contributed by atoms with Crippen LogP contribution in [-0.4, -0.2) is 23.1 Å². The van der Waals surface area contributed by atoms with Crippen LogP contribution >= 0.6 is 0 Å². The van der Waals surface area contributed by atoms with Crippen molar-refractivity contribution in [2.45, 2.75) is 19.4 Å². The van der Waals surface area contributed by atoms with E-state index in [1.165, 1.54) is 5.69 Å². The van der Waals surface area contributed by atoms with Crippen LogP contribution in [0.3, 0.4) is 0 Å². The highest BCUT2D eigenvalue weighted by molar-refractivity contribution is 4.96. The summed E-state index contributed by atoms with van der Waals surface area (Å²) in [6.07, 6.45) is 4.57. The van der Waals surface area contributed by atoms with Gasteiger partial charge in [-0.25, -0.2) is 4.98 Å². The molecule has 1 rings (SSSR count). The summed E-state index contributed by atoms with van der Waals surface area (Å²) in [4.78, 5) is 6.98. The van der Waals surface area contributed by atoms with Crippen LogP contribution in [0, 0.1) is 0 Å². The average molecular weight is 139 g/mol. The number of nitrogens with one attached hydrogen (secondary N) is 2. The molecule has 0 spiro atoms. The second kappa shape index (κ2) is 3.37. The number of nitrogens with zero attached hydrogens (tertiary/aromatic N) is 1. The second-order valence-corrected chi connectivity index (χ2v) is 2.47. The first-order chi connectivity index (χ1) is 4.83. The Kier molecular flexibility index (Phi) is 2.45. The molecule has 2 N–H and O–H groups in total. The van der Waals surface area contributed by atoms with Crippen LogP contribution in [-0.2, 0) is 6.42 Å². The van der Waals surface area contributed by atoms with Gasteiger partial charge in [0.15, 0.2) is 0 Å². The Balaban J connectivity index is 2.40. The fourth-order valence-electron chi connectivity index (χ4n) is 0.828. The van der Waals surface area contributed by atoms with Gasteiger partial charge >= 0.3 is 0 Å². The van der Waals surface area contributed by atoms with Gasteiger partial charge in [0.1, 0.15) is 0 Å². The lowest BCUT2D eigenvalue weighted by Gasteiger charge is -2.06. The predicted octanol–water partition coefficient (Wildman–Crippen LogP) is 0.560. The van der Waals surface area contributed by atoms with Crippen LogP contribution in [0.5, 0.6) is 0 Å². The van der Waals surface area contributed by atoms with E-state index in [1.807, 2.05) is 13.2 Å². The SMILES string of the molecule is CN[C@H](C)Cc1cnc[nH]1. The third kappa shape index (κ3) is 1.84. The zero-order valence-electron chi connectivity index (χ0n) is 6.39. The summed E-state index contributed by atoms with van der Waals surface area (Å²) in [7, 11) is 1.96. The first kappa shape index (κ1) is 7.28. The normalized spacial score (nSPS) is 13.4. The van der Waals surface area contributed by atoms with Crippen molar-refractivity contribution in [1.29, 1.82) is 0 Å². The Morgan fingerprint density at radius 3 is 3.10 bits per heavy atom. The third-order valence-corrected chi connectivity index (χ3v) is 1.57. The minimum Gasteiger partial charge on any atom is -0.348 e. The molecule has 0 saturated heterocycles. The van der Waals surface area contributed by atoms with Crippen LogP contribution in [0.25, 0.3) is 0 Å². The summed E-state index contributed by atoms with van der Waals surface area (Å²) in [5.74, 6) is 0. The maximum Gasteiger partial charge on any atom is 0.0921 e. The van der Waals surface area contributed by atoms with Crippen molar-refractivity contribution in [2.75, 3.05) is 7.05 Å². The molecule has 1 heterocycles. The minimum atomic E-state index is 0.514. The average Bonchev–Trinajstić information content (AvgIpc) is 2.40. The zero-order valence-corrected chi connectivity index (χ0v) is 6.39. The van der Waals surface area contributed by atoms with Crippen LogP contribution in [0.15, 0.2) is 12.5 Å². The van der Waals surface area contributed by atoms with Crippen molar-refractivity contribution in [1.82, 2.24) is 15.3 Å². The maximum absolute atomic E-state index is 3.93. The van der Waals surface area contributed by atoms with Gasteiger partial charge < -0.3 is 10.3 Å². The van der Waals surface area contributed by atoms with E-state index in [2.05, 4.69) is 22.2 Å². The Hall–Kier alpha value is -0.830. The molecule has 0 saturated carbocycles. The number of likely N-dealkylation sites (N-methyl/N-ethyl adjacent to an activating group) is 1. The molecule has 0 aliphatic rings. The molecule has 0 radical (unpaired) electrons. The largest absolute Gasteiger partial charge is 0.348 e. The lowest BCUT2D eigenvalue weighted by atomic mass is 10.2. The van der Waals surface area contributed by atoms with E-state index >= 15 is 0 Å². The summed E-state index contributed by atoms with van der Waals surface area (Å²) >= 11 is 0. The third-order valence-electron chi connectivity index (χ3n) is 1.57. The number of rotatable bonds is 3. The molecule has 1 atom stereocenters. The number of imidazole rings is 1. The monoisotopic (exact) mass is 139 g/mol. The van der Waals surface area contributed by atoms with Crippen molar-refractivity contribution in [2.24, 2.45) is 0 Å². The van der Waals surface area contributed by atoms with E-state index in [-0.39, 0.29) is 0 Å². The number of aromatic amines is 1. The highest BCUT2D eigenvalue weighted by Crippen LogP contribution is 1.95. The van der Waals surface area contributed by atoms with Crippen LogP contribution in [0.4, 0.5) is 0 Å². The van der Waals surface area contributed by atoms with Gasteiger partial charge in [-0.1, -0.05) is 0 Å². The second-order valence-electron chi connectivity index (χ2n) is 2.47. The Morgan fingerprint density at radius 1 is 1.80 bits per heavy atom. The van der Waals surface area contributed by atoms with Gasteiger partial charge in [-0.2, -0.15) is 0 Å². The van der Waals surface area contributed by atoms with Gasteiger partial charge in [-0.15, -0.1) is 0 Å². The molecule has 0 fully saturated rings. The molecule has 10 heavy (non-hydrogen) atoms. The highest BCUT2D eigenvalue weighted by Gasteiger charge is 1.99. The van der Waals surface area contributed by atoms with Crippen molar-refractivity contribution < 1.29 is 0 Å². The zero-order chi connectivity index (χ0) is 7.40. The van der Waals surface area contributed by atoms with Gasteiger partial charge in [0.05, 0.1) is 6.33 Å². The molecule has 0 bridgehead atoms. The van der Waals surface area contributed by atoms with Crippen molar-refractivity contribution in [3.63, 3.8) is 0 Å². The molecular weight excluding hydrogens is 126 g/mol. The lowest BCUT2D eigenvalue weighted by Crippen LogP contribution is -2.23. The van der Waals surface area contributed by atoms with Crippen LogP contribution in [0.1, 0.15) is 12.6 Å². The number of H-pyrrole nitrogens is 1. The van der Waals surface area contributed by atoms with E-state index in [0.717, 1.165) is 6.42 Å². The summed E-state index contributed by atoms with van der Waals surface area (Å²) in [6.45, 7) is 2.14. The standard InChI is InChI=1S/C7H13N3/c1-6(8-2)3-7-4-9-5-10-7/h4-6,8H,3H2,1-2H3,(H,9,10)/t6-/m1/s1. The molecular formula is C7H13N3. The van der Waals surface area contributed by atoms with Gasteiger partial charge in [0.2, 0.25) is 0 Å². The molecule has 0 aliphatic carbocycles. The van der Waals surface area contributed by atoms with Crippen LogP contribution < -0.4 is 5.32 Å². The van der Waals surface area contributed by atoms with Crippen molar-refractivity contribution in [3.05, 3.63) is 18.2 Å². The topological polar surface area (TPSA) is 40.7 Å². The molecule has 1 aromatic heterocycles. The number of hydrogen-bond donors (Lipinski definition) is 2. The molecule has 1 aromatic rings. The van der Waals surface area contributed by atoms with E-state index < -0.39 is 0 Å². The summed E-state index contributed by atoms with van der Waals surface area (Å²) in [5, 5.41) is 3.16. The van der Waals surface area contributed by atoms with Gasteiger partial charge in [-0.05, 0) is 14.0 Å². The van der Waals surface area contributed by atoms with E-state index in [1.54, 1.807) is 6.33 Å². The van der Waals surface area contributed by atoms with E-state index in [9.17, 15) is 0 Å². The van der Waals surface area contributed by atoms with Crippen molar-refractivity contribution >= 4 is 0 Å². The maximum atomic E-state index is 3.93. The number of aromatic nitrogens is 2. The Morgan fingerprint density at radius 2 is 2.60 bits per heavy atom. The first-order valence-corrected chi connectivity index (χ1v) is 3.47. The fraction of sp³-hybridized carbons (Fsp3) is 0.571. The van der Waals surface area contributed by atoms with Gasteiger partial charge in [0.25, 0.3) is 0 Å². The Bertz CT molecular complexity index is 169.